The van der Waals surface area contributed by atoms with E-state index in [1.165, 1.54) is 12.0 Å². The van der Waals surface area contributed by atoms with Crippen LogP contribution < -0.4 is 5.32 Å². The highest BCUT2D eigenvalue weighted by Gasteiger charge is 2.09. The van der Waals surface area contributed by atoms with Gasteiger partial charge in [0.1, 0.15) is 0 Å². The minimum absolute atomic E-state index is 0.593. The van der Waals surface area contributed by atoms with Crippen LogP contribution in [0.3, 0.4) is 0 Å². The van der Waals surface area contributed by atoms with Gasteiger partial charge in [0.2, 0.25) is 0 Å². The van der Waals surface area contributed by atoms with Crippen molar-refractivity contribution in [2.24, 2.45) is 0 Å². The molecular formula is C9H15N. The molecule has 0 fully saturated rings. The number of nitrogens with one attached hydrogen (secondary N) is 1. The summed E-state index contributed by atoms with van der Waals surface area (Å²) in [4.78, 5) is 0. The standard InChI is InChI=1S/C9H15N/c1-3-9(10-2)8-6-4-5-7-8/h4-6,9-10H,3,7H2,1-2H3. The Balaban J connectivity index is 2.47. The fourth-order valence-corrected chi connectivity index (χ4v) is 1.37. The second-order valence-corrected chi connectivity index (χ2v) is 2.62. The molecule has 56 valence electrons. The Labute approximate surface area is 62.8 Å². The van der Waals surface area contributed by atoms with Crippen molar-refractivity contribution in [2.45, 2.75) is 25.8 Å². The maximum Gasteiger partial charge on any atom is 0.0280 e. The summed E-state index contributed by atoms with van der Waals surface area (Å²) in [6, 6.07) is 0.593. The van der Waals surface area contributed by atoms with E-state index in [2.05, 4.69) is 30.5 Å². The molecule has 1 atom stereocenters. The summed E-state index contributed by atoms with van der Waals surface area (Å²) >= 11 is 0. The molecule has 0 saturated heterocycles. The van der Waals surface area contributed by atoms with E-state index in [-0.39, 0.29) is 0 Å². The van der Waals surface area contributed by atoms with Crippen molar-refractivity contribution in [1.82, 2.24) is 5.32 Å². The average Bonchev–Trinajstić information content (AvgIpc) is 2.43. The van der Waals surface area contributed by atoms with Gasteiger partial charge in [0, 0.05) is 6.04 Å². The van der Waals surface area contributed by atoms with Crippen LogP contribution in [-0.4, -0.2) is 13.1 Å². The van der Waals surface area contributed by atoms with E-state index in [0.717, 1.165) is 6.42 Å². The second-order valence-electron chi connectivity index (χ2n) is 2.62. The molecule has 0 aliphatic heterocycles. The summed E-state index contributed by atoms with van der Waals surface area (Å²) in [6.45, 7) is 2.21. The van der Waals surface area contributed by atoms with Crippen molar-refractivity contribution in [1.29, 1.82) is 0 Å². The summed E-state index contributed by atoms with van der Waals surface area (Å²) < 4.78 is 0. The molecule has 1 nitrogen and oxygen atoms in total. The molecule has 0 saturated carbocycles. The van der Waals surface area contributed by atoms with Crippen LogP contribution in [0, 0.1) is 0 Å². The average molecular weight is 137 g/mol. The molecule has 0 aromatic carbocycles. The van der Waals surface area contributed by atoms with E-state index in [1.807, 2.05) is 7.05 Å². The van der Waals surface area contributed by atoms with Gasteiger partial charge < -0.3 is 5.32 Å². The fraction of sp³-hybridized carbons (Fsp3) is 0.556. The van der Waals surface area contributed by atoms with Gasteiger partial charge in [-0.25, -0.2) is 0 Å². The summed E-state index contributed by atoms with van der Waals surface area (Å²) in [7, 11) is 2.02. The van der Waals surface area contributed by atoms with E-state index in [1.54, 1.807) is 0 Å². The third-order valence-corrected chi connectivity index (χ3v) is 2.00. The van der Waals surface area contributed by atoms with Crippen LogP contribution in [0.5, 0.6) is 0 Å². The molecule has 0 amide bonds. The van der Waals surface area contributed by atoms with E-state index >= 15 is 0 Å². The molecule has 10 heavy (non-hydrogen) atoms. The van der Waals surface area contributed by atoms with Gasteiger partial charge in [-0.2, -0.15) is 0 Å². The first kappa shape index (κ1) is 7.55. The number of likely N-dealkylation sites (N-methyl/N-ethyl adjacent to an activating group) is 1. The number of hydrogen-bond donors (Lipinski definition) is 1. The first-order valence-corrected chi connectivity index (χ1v) is 3.91. The molecule has 0 aromatic heterocycles. The zero-order valence-corrected chi connectivity index (χ0v) is 6.72. The van der Waals surface area contributed by atoms with Gasteiger partial charge in [-0.1, -0.05) is 25.2 Å². The Morgan fingerprint density at radius 1 is 1.70 bits per heavy atom. The number of rotatable bonds is 3. The first-order valence-electron chi connectivity index (χ1n) is 3.91. The van der Waals surface area contributed by atoms with Gasteiger partial charge >= 0.3 is 0 Å². The Kier molecular flexibility index (Phi) is 2.69. The van der Waals surface area contributed by atoms with Crippen molar-refractivity contribution in [3.63, 3.8) is 0 Å². The van der Waals surface area contributed by atoms with Crippen LogP contribution in [-0.2, 0) is 0 Å². The number of allylic oxidation sites excluding steroid dienone is 3. The Morgan fingerprint density at radius 2 is 2.50 bits per heavy atom. The highest BCUT2D eigenvalue weighted by atomic mass is 14.9. The topological polar surface area (TPSA) is 12.0 Å². The lowest BCUT2D eigenvalue weighted by Gasteiger charge is -2.14. The monoisotopic (exact) mass is 137 g/mol. The van der Waals surface area contributed by atoms with Crippen LogP contribution in [0.25, 0.3) is 0 Å². The Hall–Kier alpha value is -0.560. The zero-order valence-electron chi connectivity index (χ0n) is 6.72. The summed E-state index contributed by atoms with van der Waals surface area (Å²) in [6.07, 6.45) is 8.87. The van der Waals surface area contributed by atoms with Crippen molar-refractivity contribution in [3.05, 3.63) is 23.8 Å². The van der Waals surface area contributed by atoms with E-state index in [9.17, 15) is 0 Å². The van der Waals surface area contributed by atoms with E-state index < -0.39 is 0 Å². The molecule has 0 radical (unpaired) electrons. The van der Waals surface area contributed by atoms with Gasteiger partial charge in [-0.15, -0.1) is 0 Å². The van der Waals surface area contributed by atoms with Gasteiger partial charge in [0.05, 0.1) is 0 Å². The van der Waals surface area contributed by atoms with Crippen molar-refractivity contribution < 1.29 is 0 Å². The first-order chi connectivity index (χ1) is 4.88. The molecule has 1 N–H and O–H groups in total. The van der Waals surface area contributed by atoms with Gasteiger partial charge in [0.15, 0.2) is 0 Å². The molecular weight excluding hydrogens is 122 g/mol. The molecule has 0 aromatic rings. The fourth-order valence-electron chi connectivity index (χ4n) is 1.37. The predicted molar refractivity (Wildman–Crippen MR) is 45.0 cm³/mol. The highest BCUT2D eigenvalue weighted by molar-refractivity contribution is 5.26. The third kappa shape index (κ3) is 1.48. The number of hydrogen-bond acceptors (Lipinski definition) is 1. The molecule has 1 rings (SSSR count). The van der Waals surface area contributed by atoms with Crippen LogP contribution in [0.2, 0.25) is 0 Å². The molecule has 0 heterocycles. The quantitative estimate of drug-likeness (QED) is 0.626. The summed E-state index contributed by atoms with van der Waals surface area (Å²) in [5.41, 5.74) is 1.52. The second kappa shape index (κ2) is 3.57. The maximum absolute atomic E-state index is 3.29. The van der Waals surface area contributed by atoms with Crippen LogP contribution in [0.15, 0.2) is 23.8 Å². The third-order valence-electron chi connectivity index (χ3n) is 2.00. The lowest BCUT2D eigenvalue weighted by molar-refractivity contribution is 0.610. The maximum atomic E-state index is 3.29. The molecule has 1 unspecified atom stereocenters. The lowest BCUT2D eigenvalue weighted by atomic mass is 10.0. The normalized spacial score (nSPS) is 19.2. The SMILES string of the molecule is CCC(NC)C1=CC=CC1. The van der Waals surface area contributed by atoms with Gasteiger partial charge in [-0.05, 0) is 25.5 Å². The van der Waals surface area contributed by atoms with Crippen LogP contribution in [0.4, 0.5) is 0 Å². The Morgan fingerprint density at radius 3 is 2.90 bits per heavy atom. The predicted octanol–water partition coefficient (Wildman–Crippen LogP) is 1.87. The van der Waals surface area contributed by atoms with Gasteiger partial charge in [0.25, 0.3) is 0 Å². The lowest BCUT2D eigenvalue weighted by Crippen LogP contribution is -2.25. The largest absolute Gasteiger partial charge is 0.313 e. The van der Waals surface area contributed by atoms with Gasteiger partial charge in [-0.3, -0.25) is 0 Å². The summed E-state index contributed by atoms with van der Waals surface area (Å²) in [5, 5.41) is 3.29. The zero-order chi connectivity index (χ0) is 7.40. The van der Waals surface area contributed by atoms with E-state index in [4.69, 9.17) is 0 Å². The highest BCUT2D eigenvalue weighted by Crippen LogP contribution is 2.16. The minimum atomic E-state index is 0.593. The molecule has 1 aliphatic rings. The van der Waals surface area contributed by atoms with E-state index in [0.29, 0.717) is 6.04 Å². The molecule has 1 aliphatic carbocycles. The Bertz CT molecular complexity index is 152. The van der Waals surface area contributed by atoms with Crippen LogP contribution in [0.1, 0.15) is 19.8 Å². The smallest absolute Gasteiger partial charge is 0.0280 e. The summed E-state index contributed by atoms with van der Waals surface area (Å²) in [5.74, 6) is 0. The minimum Gasteiger partial charge on any atom is -0.313 e. The van der Waals surface area contributed by atoms with Crippen LogP contribution >= 0.6 is 0 Å². The molecule has 0 spiro atoms. The molecule has 1 heteroatoms. The molecule has 0 bridgehead atoms. The van der Waals surface area contributed by atoms with Crippen molar-refractivity contribution in [3.8, 4) is 0 Å². The van der Waals surface area contributed by atoms with Crippen molar-refractivity contribution in [2.75, 3.05) is 7.05 Å². The van der Waals surface area contributed by atoms with Crippen molar-refractivity contribution >= 4 is 0 Å².